The van der Waals surface area contributed by atoms with Gasteiger partial charge in [0.15, 0.2) is 0 Å². The third-order valence-corrected chi connectivity index (χ3v) is 4.79. The largest absolute Gasteiger partial charge is 0.492 e. The van der Waals surface area contributed by atoms with Crippen LogP contribution >= 0.6 is 27.3 Å². The smallest absolute Gasteiger partial charge is 0.222 e. The lowest BCUT2D eigenvalue weighted by atomic mass is 10.2. The van der Waals surface area contributed by atoms with Crippen LogP contribution in [0.5, 0.6) is 5.75 Å². The maximum atomic E-state index is 12.0. The Labute approximate surface area is 144 Å². The summed E-state index contributed by atoms with van der Waals surface area (Å²) in [6.07, 6.45) is 2.47. The van der Waals surface area contributed by atoms with E-state index in [0.29, 0.717) is 19.6 Å². The zero-order valence-corrected chi connectivity index (χ0v) is 15.0. The van der Waals surface area contributed by atoms with Gasteiger partial charge < -0.3 is 9.64 Å². The Morgan fingerprint density at radius 2 is 2.05 bits per heavy atom. The van der Waals surface area contributed by atoms with Gasteiger partial charge in [0.05, 0.1) is 6.54 Å². The van der Waals surface area contributed by atoms with E-state index in [0.717, 1.165) is 23.1 Å². The van der Waals surface area contributed by atoms with Gasteiger partial charge in [-0.05, 0) is 48.6 Å². The first-order valence-corrected chi connectivity index (χ1v) is 8.97. The second kappa shape index (κ2) is 8.96. The number of rotatable bonds is 8. The van der Waals surface area contributed by atoms with Crippen LogP contribution in [0, 0.1) is 0 Å². The Morgan fingerprint density at radius 3 is 2.73 bits per heavy atom. The molecule has 0 unspecified atom stereocenters. The fraction of sp³-hybridized carbons (Fsp3) is 0.353. The molecule has 0 fully saturated rings. The lowest BCUT2D eigenvalue weighted by Gasteiger charge is -2.17. The summed E-state index contributed by atoms with van der Waals surface area (Å²) in [5.41, 5.74) is 0. The van der Waals surface area contributed by atoms with Gasteiger partial charge in [-0.3, -0.25) is 4.79 Å². The highest BCUT2D eigenvalue weighted by atomic mass is 79.9. The number of ether oxygens (including phenoxy) is 1. The first-order valence-electron chi connectivity index (χ1n) is 7.30. The average molecular weight is 382 g/mol. The van der Waals surface area contributed by atoms with Gasteiger partial charge in [-0.1, -0.05) is 22.0 Å². The molecule has 0 bridgehead atoms. The van der Waals surface area contributed by atoms with Gasteiger partial charge in [0.25, 0.3) is 0 Å². The van der Waals surface area contributed by atoms with Crippen LogP contribution in [0.1, 0.15) is 17.7 Å². The molecule has 0 aliphatic rings. The van der Waals surface area contributed by atoms with Crippen molar-refractivity contribution in [2.24, 2.45) is 0 Å². The molecule has 2 rings (SSSR count). The van der Waals surface area contributed by atoms with Crippen molar-refractivity contribution >= 4 is 33.2 Å². The van der Waals surface area contributed by atoms with Crippen molar-refractivity contribution in [1.29, 1.82) is 0 Å². The van der Waals surface area contributed by atoms with E-state index in [-0.39, 0.29) is 5.91 Å². The lowest BCUT2D eigenvalue weighted by Crippen LogP contribution is -2.30. The van der Waals surface area contributed by atoms with Crippen LogP contribution in [0.2, 0.25) is 0 Å². The van der Waals surface area contributed by atoms with Gasteiger partial charge in [0.2, 0.25) is 5.91 Å². The minimum atomic E-state index is 0.177. The Balaban J connectivity index is 1.62. The van der Waals surface area contributed by atoms with E-state index >= 15 is 0 Å². The van der Waals surface area contributed by atoms with Gasteiger partial charge in [-0.2, -0.15) is 0 Å². The van der Waals surface area contributed by atoms with Crippen LogP contribution in [0.4, 0.5) is 0 Å². The molecule has 0 saturated carbocycles. The number of thiophene rings is 1. The number of benzene rings is 1. The topological polar surface area (TPSA) is 29.5 Å². The van der Waals surface area contributed by atoms with E-state index in [1.165, 1.54) is 4.88 Å². The molecule has 22 heavy (non-hydrogen) atoms. The first kappa shape index (κ1) is 17.0. The third kappa shape index (κ3) is 5.81. The highest BCUT2D eigenvalue weighted by molar-refractivity contribution is 9.10. The van der Waals surface area contributed by atoms with E-state index in [1.54, 1.807) is 16.2 Å². The zero-order chi connectivity index (χ0) is 15.8. The zero-order valence-electron chi connectivity index (χ0n) is 12.6. The molecule has 1 aromatic carbocycles. The molecular weight excluding hydrogens is 362 g/mol. The van der Waals surface area contributed by atoms with Crippen LogP contribution in [0.15, 0.2) is 46.3 Å². The Morgan fingerprint density at radius 1 is 1.27 bits per heavy atom. The van der Waals surface area contributed by atoms with Gasteiger partial charge in [0, 0.05) is 22.8 Å². The fourth-order valence-corrected chi connectivity index (χ4v) is 3.03. The second-order valence-corrected chi connectivity index (χ2v) is 7.00. The number of hydrogen-bond donors (Lipinski definition) is 0. The third-order valence-electron chi connectivity index (χ3n) is 3.33. The highest BCUT2D eigenvalue weighted by Gasteiger charge is 2.08. The molecule has 0 N–H and O–H groups in total. The summed E-state index contributed by atoms with van der Waals surface area (Å²) < 4.78 is 6.66. The van der Waals surface area contributed by atoms with E-state index < -0.39 is 0 Å². The summed E-state index contributed by atoms with van der Waals surface area (Å²) in [7, 11) is 1.83. The summed E-state index contributed by atoms with van der Waals surface area (Å²) in [6.45, 7) is 1.11. The summed E-state index contributed by atoms with van der Waals surface area (Å²) in [4.78, 5) is 15.1. The minimum absolute atomic E-state index is 0.177. The summed E-state index contributed by atoms with van der Waals surface area (Å²) in [6, 6.07) is 11.9. The summed E-state index contributed by atoms with van der Waals surface area (Å²) in [5, 5.41) is 2.07. The molecular formula is C17H20BrNO2S. The number of halogens is 1. The molecule has 0 aliphatic heterocycles. The van der Waals surface area contributed by atoms with Crippen molar-refractivity contribution in [1.82, 2.24) is 4.90 Å². The van der Waals surface area contributed by atoms with Gasteiger partial charge in [-0.15, -0.1) is 11.3 Å². The van der Waals surface area contributed by atoms with Crippen LogP contribution in [0.3, 0.4) is 0 Å². The Kier molecular flexibility index (Phi) is 6.93. The highest BCUT2D eigenvalue weighted by Crippen LogP contribution is 2.16. The second-order valence-electron chi connectivity index (χ2n) is 5.05. The van der Waals surface area contributed by atoms with Crippen molar-refractivity contribution in [2.75, 3.05) is 20.2 Å². The number of amides is 1. The van der Waals surface area contributed by atoms with E-state index in [9.17, 15) is 4.79 Å². The predicted molar refractivity (Wildman–Crippen MR) is 94.5 cm³/mol. The van der Waals surface area contributed by atoms with Crippen molar-refractivity contribution < 1.29 is 9.53 Å². The molecule has 0 aliphatic carbocycles. The number of nitrogens with zero attached hydrogens (tertiary/aromatic N) is 1. The van der Waals surface area contributed by atoms with Crippen molar-refractivity contribution in [3.8, 4) is 5.75 Å². The van der Waals surface area contributed by atoms with Gasteiger partial charge >= 0.3 is 0 Å². The van der Waals surface area contributed by atoms with Crippen molar-refractivity contribution in [3.63, 3.8) is 0 Å². The monoisotopic (exact) mass is 381 g/mol. The number of carbonyl (C=O) groups excluding carboxylic acids is 1. The Bertz CT molecular complexity index is 569. The lowest BCUT2D eigenvalue weighted by molar-refractivity contribution is -0.130. The molecule has 118 valence electrons. The van der Waals surface area contributed by atoms with Crippen LogP contribution in [-0.4, -0.2) is 31.0 Å². The quantitative estimate of drug-likeness (QED) is 0.679. The number of likely N-dealkylation sites (N-methyl/N-ethyl adjacent to an activating group) is 1. The number of hydrogen-bond acceptors (Lipinski definition) is 3. The van der Waals surface area contributed by atoms with E-state index in [2.05, 4.69) is 27.4 Å². The van der Waals surface area contributed by atoms with E-state index in [1.807, 2.05) is 37.4 Å². The predicted octanol–water partition coefficient (Wildman–Crippen LogP) is 4.37. The molecule has 0 radical (unpaired) electrons. The molecule has 0 spiro atoms. The molecule has 1 heterocycles. The summed E-state index contributed by atoms with van der Waals surface area (Å²) >= 11 is 5.13. The molecule has 0 saturated heterocycles. The van der Waals surface area contributed by atoms with Crippen LogP contribution in [-0.2, 0) is 11.2 Å². The molecule has 1 amide bonds. The minimum Gasteiger partial charge on any atom is -0.492 e. The molecule has 2 aromatic rings. The first-order chi connectivity index (χ1) is 10.6. The van der Waals surface area contributed by atoms with E-state index in [4.69, 9.17) is 4.74 Å². The van der Waals surface area contributed by atoms with Gasteiger partial charge in [-0.25, -0.2) is 0 Å². The maximum Gasteiger partial charge on any atom is 0.222 e. The average Bonchev–Trinajstić information content (AvgIpc) is 3.02. The van der Waals surface area contributed by atoms with Crippen molar-refractivity contribution in [3.05, 3.63) is 51.1 Å². The normalized spacial score (nSPS) is 10.5. The van der Waals surface area contributed by atoms with Gasteiger partial charge in [0.1, 0.15) is 12.4 Å². The Hall–Kier alpha value is -1.33. The van der Waals surface area contributed by atoms with Crippen molar-refractivity contribution in [2.45, 2.75) is 19.3 Å². The maximum absolute atomic E-state index is 12.0. The molecule has 1 aromatic heterocycles. The number of carbonyl (C=O) groups is 1. The molecule has 5 heteroatoms. The van der Waals surface area contributed by atoms with Crippen LogP contribution < -0.4 is 4.74 Å². The number of aryl methyl sites for hydroxylation is 1. The molecule has 3 nitrogen and oxygen atoms in total. The SMILES string of the molecule is CN(CCOc1ccc(Br)cc1)C(=O)CCCc1cccs1. The van der Waals surface area contributed by atoms with Crippen LogP contribution in [0.25, 0.3) is 0 Å². The molecule has 0 atom stereocenters. The summed E-state index contributed by atoms with van der Waals surface area (Å²) in [5.74, 6) is 0.998. The fourth-order valence-electron chi connectivity index (χ4n) is 2.02. The standard InChI is InChI=1S/C17H20BrNO2S/c1-19(11-12-21-15-9-7-14(18)8-10-15)17(20)6-2-4-16-5-3-13-22-16/h3,5,7-10,13H,2,4,6,11-12H2,1H3.